The van der Waals surface area contributed by atoms with Crippen molar-refractivity contribution in [3.05, 3.63) is 70.5 Å². The third-order valence-corrected chi connectivity index (χ3v) is 7.02. The highest BCUT2D eigenvalue weighted by Crippen LogP contribution is 2.35. The summed E-state index contributed by atoms with van der Waals surface area (Å²) in [4.78, 5) is 8.98. The minimum Gasteiger partial charge on any atom is -0.381 e. The van der Waals surface area contributed by atoms with Gasteiger partial charge in [-0.05, 0) is 83.1 Å². The Labute approximate surface area is 182 Å². The van der Waals surface area contributed by atoms with E-state index in [0.29, 0.717) is 5.92 Å². The zero-order valence-electron chi connectivity index (χ0n) is 16.4. The first-order chi connectivity index (χ1) is 14.1. The van der Waals surface area contributed by atoms with E-state index in [-0.39, 0.29) is 5.92 Å². The third kappa shape index (κ3) is 5.05. The van der Waals surface area contributed by atoms with Crippen LogP contribution in [-0.2, 0) is 15.5 Å². The summed E-state index contributed by atoms with van der Waals surface area (Å²) in [7, 11) is -0.960. The minimum atomic E-state index is -0.960. The van der Waals surface area contributed by atoms with Gasteiger partial charge in [-0.15, -0.1) is 0 Å². The molecular weight excluding hydrogens is 448 g/mol. The topological polar surface area (TPSA) is 55.0 Å². The molecule has 0 saturated carbocycles. The fourth-order valence-electron chi connectivity index (χ4n) is 3.95. The first kappa shape index (κ1) is 20.5. The van der Waals surface area contributed by atoms with Crippen LogP contribution in [0.5, 0.6) is 0 Å². The monoisotopic (exact) mass is 472 g/mol. The number of aromatic nitrogens is 2. The molecule has 2 atom stereocenters. The van der Waals surface area contributed by atoms with E-state index in [2.05, 4.69) is 50.2 Å². The first-order valence-electron chi connectivity index (χ1n) is 9.92. The van der Waals surface area contributed by atoms with Crippen molar-refractivity contribution in [2.75, 3.05) is 19.5 Å². The second-order valence-corrected chi connectivity index (χ2v) is 9.85. The highest BCUT2D eigenvalue weighted by Gasteiger charge is 2.23. The number of benzene rings is 1. The summed E-state index contributed by atoms with van der Waals surface area (Å²) in [5.74, 6) is 0.910. The molecule has 0 spiro atoms. The number of rotatable bonds is 6. The maximum atomic E-state index is 11.8. The van der Waals surface area contributed by atoms with Crippen molar-refractivity contribution < 1.29 is 8.95 Å². The fourth-order valence-corrected chi connectivity index (χ4v) is 4.70. The largest absolute Gasteiger partial charge is 0.381 e. The minimum absolute atomic E-state index is 0.265. The Balaban J connectivity index is 1.64. The summed E-state index contributed by atoms with van der Waals surface area (Å²) < 4.78 is 18.3. The summed E-state index contributed by atoms with van der Waals surface area (Å²) >= 11 is 3.44. The number of H-pyrrole nitrogens is 1. The van der Waals surface area contributed by atoms with Crippen LogP contribution >= 0.6 is 15.9 Å². The molecule has 1 fully saturated rings. The molecule has 152 valence electrons. The van der Waals surface area contributed by atoms with E-state index in [1.165, 1.54) is 11.3 Å². The normalized spacial score (nSPS) is 17.2. The Bertz CT molecular complexity index is 963. The molecule has 1 aromatic carbocycles. The van der Waals surface area contributed by atoms with Crippen LogP contribution in [0.2, 0.25) is 0 Å². The molecule has 0 radical (unpaired) electrons. The predicted molar refractivity (Wildman–Crippen MR) is 121 cm³/mol. The number of aromatic amines is 1. The molecule has 0 amide bonds. The van der Waals surface area contributed by atoms with Gasteiger partial charge in [0.2, 0.25) is 0 Å². The van der Waals surface area contributed by atoms with Crippen molar-refractivity contribution in [3.8, 4) is 11.4 Å². The van der Waals surface area contributed by atoms with Crippen molar-refractivity contribution in [1.82, 2.24) is 9.97 Å². The van der Waals surface area contributed by atoms with Gasteiger partial charge in [-0.2, -0.15) is 0 Å². The van der Waals surface area contributed by atoms with E-state index in [1.54, 1.807) is 6.26 Å². The van der Waals surface area contributed by atoms with Crippen molar-refractivity contribution in [2.45, 2.75) is 30.1 Å². The molecule has 6 heteroatoms. The van der Waals surface area contributed by atoms with Crippen molar-refractivity contribution in [3.63, 3.8) is 0 Å². The zero-order chi connectivity index (χ0) is 20.2. The van der Waals surface area contributed by atoms with E-state index in [9.17, 15) is 4.21 Å². The Morgan fingerprint density at radius 1 is 1.14 bits per heavy atom. The summed E-state index contributed by atoms with van der Waals surface area (Å²) in [5, 5.41) is 0. The van der Waals surface area contributed by atoms with E-state index < -0.39 is 10.8 Å². The van der Waals surface area contributed by atoms with Gasteiger partial charge < -0.3 is 9.72 Å². The van der Waals surface area contributed by atoms with Crippen LogP contribution < -0.4 is 0 Å². The van der Waals surface area contributed by atoms with E-state index in [0.717, 1.165) is 53.2 Å². The van der Waals surface area contributed by atoms with Gasteiger partial charge in [-0.1, -0.05) is 12.1 Å². The lowest BCUT2D eigenvalue weighted by molar-refractivity contribution is 0.0626. The van der Waals surface area contributed by atoms with Gasteiger partial charge >= 0.3 is 0 Å². The molecule has 29 heavy (non-hydrogen) atoms. The summed E-state index contributed by atoms with van der Waals surface area (Å²) in [6.07, 6.45) is 6.83. The Kier molecular flexibility index (Phi) is 6.63. The second-order valence-electron chi connectivity index (χ2n) is 7.56. The molecule has 1 aliphatic heterocycles. The van der Waals surface area contributed by atoms with Gasteiger partial charge in [0.05, 0.1) is 11.4 Å². The molecule has 4 nitrogen and oxygen atoms in total. The lowest BCUT2D eigenvalue weighted by Gasteiger charge is -2.27. The van der Waals surface area contributed by atoms with Crippen LogP contribution in [-0.4, -0.2) is 33.6 Å². The quantitative estimate of drug-likeness (QED) is 0.513. The lowest BCUT2D eigenvalue weighted by atomic mass is 9.83. The van der Waals surface area contributed by atoms with Gasteiger partial charge in [0.25, 0.3) is 0 Å². The number of nitrogens with zero attached hydrogens (tertiary/aromatic N) is 1. The Morgan fingerprint density at radius 2 is 1.90 bits per heavy atom. The first-order valence-corrected chi connectivity index (χ1v) is 12.3. The second kappa shape index (κ2) is 9.37. The van der Waals surface area contributed by atoms with Gasteiger partial charge in [-0.25, -0.2) is 0 Å². The fraction of sp³-hybridized carbons (Fsp3) is 0.348. The molecule has 2 unspecified atom stereocenters. The Morgan fingerprint density at radius 3 is 2.55 bits per heavy atom. The number of ether oxygens (including phenoxy) is 1. The molecule has 3 heterocycles. The van der Waals surface area contributed by atoms with Crippen molar-refractivity contribution in [2.24, 2.45) is 5.92 Å². The van der Waals surface area contributed by atoms with Crippen LogP contribution in [0.15, 0.2) is 64.1 Å². The predicted octanol–water partition coefficient (Wildman–Crippen LogP) is 5.53. The molecule has 1 saturated heterocycles. The zero-order valence-corrected chi connectivity index (χ0v) is 18.8. The molecule has 1 aliphatic rings. The summed E-state index contributed by atoms with van der Waals surface area (Å²) in [5.41, 5.74) is 4.40. The number of nitrogens with one attached hydrogen (secondary N) is 1. The van der Waals surface area contributed by atoms with Gasteiger partial charge in [0, 0.05) is 57.4 Å². The smallest absolute Gasteiger partial charge is 0.0865 e. The van der Waals surface area contributed by atoms with E-state index >= 15 is 0 Å². The van der Waals surface area contributed by atoms with Crippen LogP contribution in [0.1, 0.15) is 36.4 Å². The molecule has 4 rings (SSSR count). The van der Waals surface area contributed by atoms with E-state index in [1.807, 2.05) is 30.5 Å². The van der Waals surface area contributed by atoms with E-state index in [4.69, 9.17) is 4.74 Å². The van der Waals surface area contributed by atoms with Gasteiger partial charge in [0.15, 0.2) is 0 Å². The third-order valence-electron chi connectivity index (χ3n) is 5.61. The Hall–Kier alpha value is -1.76. The summed E-state index contributed by atoms with van der Waals surface area (Å²) in [6.45, 7) is 1.70. The van der Waals surface area contributed by atoms with Crippen LogP contribution in [0.25, 0.3) is 11.4 Å². The standard InChI is InChI=1S/C23H25BrN2O2S/c1-29(27)19-5-2-17(3-6-19)20(14-16-10-12-28-13-11-16)21-8-9-23(26-21)22-7-4-18(24)15-25-22/h2-9,15-16,20,26H,10-14H2,1H3. The number of pyridine rings is 1. The molecule has 0 bridgehead atoms. The highest BCUT2D eigenvalue weighted by atomic mass is 79.9. The molecular formula is C23H25BrN2O2S. The SMILES string of the molecule is CS(=O)c1ccc(C(CC2CCOCC2)c2ccc(-c3ccc(Br)cn3)[nH]2)cc1. The molecule has 0 aliphatic carbocycles. The number of hydrogen-bond donors (Lipinski definition) is 1. The highest BCUT2D eigenvalue weighted by molar-refractivity contribution is 9.10. The molecule has 3 aromatic rings. The number of hydrogen-bond acceptors (Lipinski definition) is 3. The van der Waals surface area contributed by atoms with Crippen LogP contribution in [0.3, 0.4) is 0 Å². The van der Waals surface area contributed by atoms with Gasteiger partial charge in [0.1, 0.15) is 0 Å². The summed E-state index contributed by atoms with van der Waals surface area (Å²) in [6, 6.07) is 16.5. The van der Waals surface area contributed by atoms with Crippen LogP contribution in [0.4, 0.5) is 0 Å². The van der Waals surface area contributed by atoms with Crippen LogP contribution in [0, 0.1) is 5.92 Å². The molecule has 2 aromatic heterocycles. The van der Waals surface area contributed by atoms with Crippen molar-refractivity contribution in [1.29, 1.82) is 0 Å². The maximum Gasteiger partial charge on any atom is 0.0865 e. The molecule has 1 N–H and O–H groups in total. The van der Waals surface area contributed by atoms with Crippen molar-refractivity contribution >= 4 is 26.7 Å². The number of halogens is 1. The lowest BCUT2D eigenvalue weighted by Crippen LogP contribution is -2.18. The van der Waals surface area contributed by atoms with Gasteiger partial charge in [-0.3, -0.25) is 9.19 Å². The average Bonchev–Trinajstić information content (AvgIpc) is 3.23. The average molecular weight is 473 g/mol. The maximum absolute atomic E-state index is 11.8.